The van der Waals surface area contributed by atoms with Crippen LogP contribution in [-0.2, 0) is 18.6 Å². The Morgan fingerprint density at radius 1 is 1.55 bits per heavy atom. The van der Waals surface area contributed by atoms with Gasteiger partial charge >= 0.3 is 13.7 Å². The highest BCUT2D eigenvalue weighted by molar-refractivity contribution is 7.38. The van der Waals surface area contributed by atoms with E-state index in [0.29, 0.717) is 0 Å². The summed E-state index contributed by atoms with van der Waals surface area (Å²) in [7, 11) is -1.87. The highest BCUT2D eigenvalue weighted by atomic mass is 31.1. The number of ether oxygens (including phenoxy) is 2. The lowest BCUT2D eigenvalue weighted by molar-refractivity contribution is -0.215. The summed E-state index contributed by atoms with van der Waals surface area (Å²) in [6, 6.07) is 1.18. The molecule has 1 aromatic heterocycles. The van der Waals surface area contributed by atoms with E-state index in [0.717, 1.165) is 4.57 Å². The molecule has 2 saturated heterocycles. The largest absolute Gasteiger partial charge is 0.504 e. The number of aliphatic hydroxyl groups excluding tert-OH is 1. The minimum absolute atomic E-state index is 0.119. The van der Waals surface area contributed by atoms with E-state index in [-0.39, 0.29) is 6.61 Å². The second-order valence-electron chi connectivity index (χ2n) is 5.38. The quantitative estimate of drug-likeness (QED) is 0.703. The van der Waals surface area contributed by atoms with Crippen molar-refractivity contribution in [1.29, 1.82) is 0 Å². The van der Waals surface area contributed by atoms with E-state index in [2.05, 4.69) is 4.98 Å². The van der Waals surface area contributed by atoms with Gasteiger partial charge in [-0.3, -0.25) is 14.3 Å². The number of rotatable bonds is 4. The Hall–Kier alpha value is -1.38. The van der Waals surface area contributed by atoms with Gasteiger partial charge in [-0.15, -0.1) is 4.52 Å². The molecule has 0 aromatic carbocycles. The van der Waals surface area contributed by atoms with E-state index in [4.69, 9.17) is 14.0 Å². The molecule has 2 N–H and O–H groups in total. The summed E-state index contributed by atoms with van der Waals surface area (Å²) in [5.74, 6) is 0. The third kappa shape index (κ3) is 2.26. The van der Waals surface area contributed by atoms with Crippen LogP contribution in [0.2, 0.25) is 0 Å². The number of aromatic nitrogens is 2. The fourth-order valence-corrected chi connectivity index (χ4v) is 3.28. The van der Waals surface area contributed by atoms with Gasteiger partial charge in [0.25, 0.3) is 5.56 Å². The third-order valence-corrected chi connectivity index (χ3v) is 4.57. The molecule has 0 aliphatic carbocycles. The molecule has 9 nitrogen and oxygen atoms in total. The molecule has 1 aromatic rings. The average Bonchev–Trinajstić information content (AvgIpc) is 2.84. The molecule has 2 fully saturated rings. The average molecular weight is 331 g/mol. The zero-order chi connectivity index (χ0) is 16.1. The van der Waals surface area contributed by atoms with Crippen LogP contribution in [0, 0.1) is 0 Å². The normalized spacial score (nSPS) is 37.5. The summed E-state index contributed by atoms with van der Waals surface area (Å²) in [6.45, 7) is 2.99. The lowest BCUT2D eigenvalue weighted by Crippen LogP contribution is -2.50. The first-order chi connectivity index (χ1) is 10.3. The van der Waals surface area contributed by atoms with Gasteiger partial charge in [0.1, 0.15) is 18.8 Å². The number of hydrogen-bond donors (Lipinski definition) is 2. The van der Waals surface area contributed by atoms with Crippen LogP contribution in [0.25, 0.3) is 0 Å². The summed E-state index contributed by atoms with van der Waals surface area (Å²) >= 11 is 0. The number of aliphatic hydroxyl groups is 1. The second-order valence-corrected chi connectivity index (χ2v) is 6.52. The van der Waals surface area contributed by atoms with Gasteiger partial charge in [0.05, 0.1) is 6.10 Å². The summed E-state index contributed by atoms with van der Waals surface area (Å²) in [5, 5.41) is 10.4. The molecule has 0 spiro atoms. The number of nitrogens with one attached hydrogen (secondary N) is 1. The first-order valence-corrected chi connectivity index (χ1v) is 8.34. The maximum absolute atomic E-state index is 11.9. The Balaban J connectivity index is 1.93. The highest BCUT2D eigenvalue weighted by Crippen LogP contribution is 2.49. The van der Waals surface area contributed by atoms with Crippen molar-refractivity contribution < 1.29 is 23.7 Å². The molecule has 0 amide bonds. The van der Waals surface area contributed by atoms with Crippen molar-refractivity contribution in [3.8, 4) is 0 Å². The molecule has 3 heterocycles. The van der Waals surface area contributed by atoms with E-state index in [1.807, 2.05) is 0 Å². The van der Waals surface area contributed by atoms with Crippen molar-refractivity contribution >= 4 is 8.03 Å². The number of nitrogens with zero attached hydrogens (tertiary/aromatic N) is 1. The monoisotopic (exact) mass is 331 g/mol. The molecule has 0 saturated carbocycles. The van der Waals surface area contributed by atoms with Crippen LogP contribution in [0.4, 0.5) is 0 Å². The minimum atomic E-state index is -1.87. The van der Waals surface area contributed by atoms with Crippen molar-refractivity contribution in [2.45, 2.75) is 37.1 Å². The molecule has 2 aliphatic rings. The van der Waals surface area contributed by atoms with Gasteiger partial charge in [-0.1, -0.05) is 0 Å². The van der Waals surface area contributed by atoms with E-state index < -0.39 is 49.4 Å². The first kappa shape index (κ1) is 15.5. The maximum atomic E-state index is 11.9. The zero-order valence-corrected chi connectivity index (χ0v) is 12.9. The van der Waals surface area contributed by atoms with Crippen LogP contribution >= 0.6 is 8.03 Å². The predicted octanol–water partition coefficient (Wildman–Crippen LogP) is -0.659. The van der Waals surface area contributed by atoms with E-state index in [9.17, 15) is 19.3 Å². The number of aromatic amines is 1. The molecule has 1 unspecified atom stereocenters. The molecule has 3 rings (SSSR count). The molecule has 6 atom stereocenters. The molecule has 2 bridgehead atoms. The maximum Gasteiger partial charge on any atom is 0.504 e. The zero-order valence-electron chi connectivity index (χ0n) is 12.0. The van der Waals surface area contributed by atoms with Gasteiger partial charge in [0.15, 0.2) is 18.5 Å². The van der Waals surface area contributed by atoms with Gasteiger partial charge in [0.2, 0.25) is 0 Å². The smallest absolute Gasteiger partial charge is 0.387 e. The molecule has 10 heteroatoms. The Morgan fingerprint density at radius 2 is 2.27 bits per heavy atom. The van der Waals surface area contributed by atoms with Gasteiger partial charge in [0, 0.05) is 12.3 Å². The molecular formula is C12H16N2O7P+. The van der Waals surface area contributed by atoms with Crippen LogP contribution in [0.5, 0.6) is 0 Å². The van der Waals surface area contributed by atoms with Crippen molar-refractivity contribution in [1.82, 2.24) is 9.55 Å². The Morgan fingerprint density at radius 3 is 2.91 bits per heavy atom. The molecule has 0 radical (unpaired) electrons. The van der Waals surface area contributed by atoms with Crippen LogP contribution in [0.1, 0.15) is 13.2 Å². The van der Waals surface area contributed by atoms with Crippen LogP contribution in [-0.4, -0.2) is 51.8 Å². The minimum Gasteiger partial charge on any atom is -0.387 e. The number of hydrogen-bond acceptors (Lipinski definition) is 7. The lowest BCUT2D eigenvalue weighted by Gasteiger charge is -2.34. The van der Waals surface area contributed by atoms with Crippen LogP contribution in [0.3, 0.4) is 0 Å². The van der Waals surface area contributed by atoms with Crippen molar-refractivity contribution in [3.63, 3.8) is 0 Å². The standard InChI is InChI=1S/C12H15N2O7P/c1-6-12(5-19-22(2)18)9(16)8(20-6)10(21-12)14-4-3-7(15)13-11(14)17/h3-4,6,8-10,16H,5H2,1-2H3/p+1/t6-,8+,9-,10+,12-/m0/s1. The van der Waals surface area contributed by atoms with Crippen LogP contribution in [0.15, 0.2) is 21.9 Å². The van der Waals surface area contributed by atoms with Gasteiger partial charge < -0.3 is 14.6 Å². The summed E-state index contributed by atoms with van der Waals surface area (Å²) in [4.78, 5) is 25.1. The molecule has 22 heavy (non-hydrogen) atoms. The first-order valence-electron chi connectivity index (χ1n) is 6.72. The van der Waals surface area contributed by atoms with Crippen molar-refractivity contribution in [2.24, 2.45) is 0 Å². The number of H-pyrrole nitrogens is 1. The molecule has 2 aliphatic heterocycles. The third-order valence-electron chi connectivity index (χ3n) is 4.08. The SMILES string of the molecule is C[C@@H]1O[C@H]2[C@H](n3ccc(=O)[nH]c3=O)O[C@]1(CO[P+](C)=O)[C@H]2O. The Labute approximate surface area is 125 Å². The summed E-state index contributed by atoms with van der Waals surface area (Å²) < 4.78 is 29.0. The van der Waals surface area contributed by atoms with Crippen LogP contribution < -0.4 is 11.2 Å². The summed E-state index contributed by atoms with van der Waals surface area (Å²) in [5.41, 5.74) is -2.39. The van der Waals surface area contributed by atoms with Gasteiger partial charge in [-0.05, 0) is 11.5 Å². The molecule has 120 valence electrons. The second kappa shape index (κ2) is 5.36. The topological polar surface area (TPSA) is 120 Å². The number of fused-ring (bicyclic) bond motifs is 2. The lowest BCUT2D eigenvalue weighted by atomic mass is 9.94. The van der Waals surface area contributed by atoms with Crippen molar-refractivity contribution in [2.75, 3.05) is 13.3 Å². The van der Waals surface area contributed by atoms with Gasteiger partial charge in [-0.25, -0.2) is 4.79 Å². The van der Waals surface area contributed by atoms with E-state index in [1.165, 1.54) is 18.9 Å². The van der Waals surface area contributed by atoms with E-state index in [1.54, 1.807) is 6.92 Å². The predicted molar refractivity (Wildman–Crippen MR) is 74.0 cm³/mol. The Bertz CT molecular complexity index is 716. The highest BCUT2D eigenvalue weighted by Gasteiger charge is 2.66. The van der Waals surface area contributed by atoms with Gasteiger partial charge in [-0.2, -0.15) is 0 Å². The van der Waals surface area contributed by atoms with Crippen molar-refractivity contribution in [3.05, 3.63) is 33.1 Å². The van der Waals surface area contributed by atoms with E-state index >= 15 is 0 Å². The fraction of sp³-hybridized carbons (Fsp3) is 0.667. The summed E-state index contributed by atoms with van der Waals surface area (Å²) in [6.07, 6.45) is -1.92. The fourth-order valence-electron chi connectivity index (χ4n) is 2.90. The molecular weight excluding hydrogens is 315 g/mol. The Kier molecular flexibility index (Phi) is 3.78.